The molecule has 0 atom stereocenters. The highest BCUT2D eigenvalue weighted by atomic mass is 16.5. The monoisotopic (exact) mass is 283 g/mol. The second kappa shape index (κ2) is 4.69. The quantitative estimate of drug-likeness (QED) is 0.850. The average Bonchev–Trinajstić information content (AvgIpc) is 3.23. The topological polar surface area (TPSA) is 59.2 Å². The van der Waals surface area contributed by atoms with E-state index in [4.69, 9.17) is 4.52 Å². The van der Waals surface area contributed by atoms with E-state index in [1.165, 1.54) is 5.56 Å². The zero-order valence-electron chi connectivity index (χ0n) is 12.0. The average molecular weight is 283 g/mol. The molecule has 2 heterocycles. The summed E-state index contributed by atoms with van der Waals surface area (Å²) in [6, 6.07) is 6.03. The molecule has 1 fully saturated rings. The maximum Gasteiger partial charge on any atom is 0.257 e. The van der Waals surface area contributed by atoms with Crippen LogP contribution in [0.2, 0.25) is 0 Å². The van der Waals surface area contributed by atoms with E-state index in [2.05, 4.69) is 16.2 Å². The number of nitrogens with zero attached hydrogens (tertiary/aromatic N) is 3. The number of anilines is 1. The van der Waals surface area contributed by atoms with Crippen LogP contribution in [0.15, 0.2) is 22.7 Å². The number of rotatable bonds is 2. The number of aryl methyl sites for hydroxylation is 1. The molecular weight excluding hydrogens is 266 g/mol. The van der Waals surface area contributed by atoms with Crippen molar-refractivity contribution in [3.05, 3.63) is 29.6 Å². The number of hydrogen-bond donors (Lipinski definition) is 0. The van der Waals surface area contributed by atoms with Gasteiger partial charge in [0.1, 0.15) is 0 Å². The molecule has 0 saturated heterocycles. The Morgan fingerprint density at radius 2 is 2.24 bits per heavy atom. The number of carbonyl (C=O) groups is 1. The van der Waals surface area contributed by atoms with Crippen LogP contribution in [0.5, 0.6) is 0 Å². The van der Waals surface area contributed by atoms with Gasteiger partial charge in [-0.05, 0) is 49.4 Å². The molecule has 0 unspecified atom stereocenters. The Kier molecular flexibility index (Phi) is 2.80. The maximum absolute atomic E-state index is 11.7. The molecule has 21 heavy (non-hydrogen) atoms. The van der Waals surface area contributed by atoms with Gasteiger partial charge in [0.05, 0.1) is 0 Å². The summed E-state index contributed by atoms with van der Waals surface area (Å²) >= 11 is 0. The molecule has 1 saturated carbocycles. The van der Waals surface area contributed by atoms with Gasteiger partial charge in [-0.1, -0.05) is 5.16 Å². The van der Waals surface area contributed by atoms with Crippen molar-refractivity contribution in [1.29, 1.82) is 0 Å². The Morgan fingerprint density at radius 1 is 1.38 bits per heavy atom. The fraction of sp³-hybridized carbons (Fsp3) is 0.438. The number of hydrogen-bond acceptors (Lipinski definition) is 4. The lowest BCUT2D eigenvalue weighted by molar-refractivity contribution is -0.116. The predicted molar refractivity (Wildman–Crippen MR) is 78.1 cm³/mol. The van der Waals surface area contributed by atoms with Crippen LogP contribution in [0.3, 0.4) is 0 Å². The Bertz CT molecular complexity index is 703. The molecule has 1 aromatic carbocycles. The van der Waals surface area contributed by atoms with E-state index in [0.717, 1.165) is 49.3 Å². The normalized spacial score (nSPS) is 17.7. The molecule has 0 radical (unpaired) electrons. The van der Waals surface area contributed by atoms with Gasteiger partial charge in [0.2, 0.25) is 5.91 Å². The molecule has 0 spiro atoms. The highest BCUT2D eigenvalue weighted by Gasteiger charge is 2.29. The molecule has 1 aliphatic carbocycles. The van der Waals surface area contributed by atoms with Crippen molar-refractivity contribution in [2.45, 2.75) is 38.5 Å². The summed E-state index contributed by atoms with van der Waals surface area (Å²) in [5.74, 6) is 2.00. The Labute approximate surface area is 123 Å². The Hall–Kier alpha value is -2.17. The van der Waals surface area contributed by atoms with Gasteiger partial charge in [0.25, 0.3) is 5.89 Å². The van der Waals surface area contributed by atoms with Gasteiger partial charge in [-0.3, -0.25) is 4.79 Å². The summed E-state index contributed by atoms with van der Waals surface area (Å²) in [6.45, 7) is 2.41. The Balaban J connectivity index is 1.69. The first kappa shape index (κ1) is 12.6. The smallest absolute Gasteiger partial charge is 0.257 e. The lowest BCUT2D eigenvalue weighted by atomic mass is 9.99. The van der Waals surface area contributed by atoms with Gasteiger partial charge in [-0.2, -0.15) is 4.98 Å². The van der Waals surface area contributed by atoms with Crippen LogP contribution in [0.25, 0.3) is 11.5 Å². The van der Waals surface area contributed by atoms with E-state index in [9.17, 15) is 4.79 Å². The SMILES string of the molecule is CC(=O)N1CCCc2cc(-c3nc(C4CC4)no3)ccc21. The maximum atomic E-state index is 11.7. The van der Waals surface area contributed by atoms with Crippen LogP contribution in [-0.4, -0.2) is 22.6 Å². The fourth-order valence-corrected chi connectivity index (χ4v) is 2.92. The molecule has 1 aliphatic heterocycles. The van der Waals surface area contributed by atoms with Gasteiger partial charge in [-0.25, -0.2) is 0 Å². The van der Waals surface area contributed by atoms with E-state index in [1.54, 1.807) is 6.92 Å². The first-order valence-corrected chi connectivity index (χ1v) is 7.47. The molecule has 1 aromatic heterocycles. The largest absolute Gasteiger partial charge is 0.334 e. The summed E-state index contributed by atoms with van der Waals surface area (Å²) in [5, 5.41) is 4.06. The van der Waals surface area contributed by atoms with Crippen molar-refractivity contribution >= 4 is 11.6 Å². The third-order valence-corrected chi connectivity index (χ3v) is 4.21. The third-order valence-electron chi connectivity index (χ3n) is 4.21. The highest BCUT2D eigenvalue weighted by Crippen LogP contribution is 2.39. The highest BCUT2D eigenvalue weighted by molar-refractivity contribution is 5.93. The van der Waals surface area contributed by atoms with E-state index in [1.807, 2.05) is 17.0 Å². The van der Waals surface area contributed by atoms with Gasteiger partial charge >= 0.3 is 0 Å². The third kappa shape index (κ3) is 2.22. The van der Waals surface area contributed by atoms with Crippen LogP contribution >= 0.6 is 0 Å². The van der Waals surface area contributed by atoms with E-state index >= 15 is 0 Å². The van der Waals surface area contributed by atoms with Crippen molar-refractivity contribution in [3.8, 4) is 11.5 Å². The van der Waals surface area contributed by atoms with Crippen LogP contribution in [-0.2, 0) is 11.2 Å². The van der Waals surface area contributed by atoms with E-state index in [-0.39, 0.29) is 5.91 Å². The lowest BCUT2D eigenvalue weighted by Gasteiger charge is -2.28. The summed E-state index contributed by atoms with van der Waals surface area (Å²) in [6.07, 6.45) is 4.30. The number of carbonyl (C=O) groups excluding carboxylic acids is 1. The molecule has 1 amide bonds. The van der Waals surface area contributed by atoms with Gasteiger partial charge in [-0.15, -0.1) is 0 Å². The van der Waals surface area contributed by atoms with Crippen molar-refractivity contribution < 1.29 is 9.32 Å². The Morgan fingerprint density at radius 3 is 3.00 bits per heavy atom. The molecule has 5 heteroatoms. The van der Waals surface area contributed by atoms with E-state index < -0.39 is 0 Å². The molecule has 108 valence electrons. The number of aromatic nitrogens is 2. The predicted octanol–water partition coefficient (Wildman–Crippen LogP) is 2.91. The van der Waals surface area contributed by atoms with Gasteiger partial charge in [0.15, 0.2) is 5.82 Å². The molecule has 2 aliphatic rings. The standard InChI is InChI=1S/C16H17N3O2/c1-10(20)19-8-2-3-12-9-13(6-7-14(12)19)16-17-15(18-21-16)11-4-5-11/h6-7,9,11H,2-5,8H2,1H3. The molecular formula is C16H17N3O2. The van der Waals surface area contributed by atoms with Crippen molar-refractivity contribution in [3.63, 3.8) is 0 Å². The van der Waals surface area contributed by atoms with Gasteiger partial charge in [0, 0.05) is 30.6 Å². The summed E-state index contributed by atoms with van der Waals surface area (Å²) in [4.78, 5) is 18.0. The molecule has 5 nitrogen and oxygen atoms in total. The molecule has 0 bridgehead atoms. The van der Waals surface area contributed by atoms with E-state index in [0.29, 0.717) is 11.8 Å². The zero-order valence-corrected chi connectivity index (χ0v) is 12.0. The number of benzene rings is 1. The van der Waals surface area contributed by atoms with Crippen molar-refractivity contribution in [2.24, 2.45) is 0 Å². The minimum atomic E-state index is 0.0949. The second-order valence-electron chi connectivity index (χ2n) is 5.85. The van der Waals surface area contributed by atoms with Crippen LogP contribution in [0, 0.1) is 0 Å². The zero-order chi connectivity index (χ0) is 14.4. The fourth-order valence-electron chi connectivity index (χ4n) is 2.92. The number of amides is 1. The second-order valence-corrected chi connectivity index (χ2v) is 5.85. The van der Waals surface area contributed by atoms with Crippen molar-refractivity contribution in [1.82, 2.24) is 10.1 Å². The summed E-state index contributed by atoms with van der Waals surface area (Å²) in [5.41, 5.74) is 3.14. The number of fused-ring (bicyclic) bond motifs is 1. The molecule has 2 aromatic rings. The molecule has 4 rings (SSSR count). The van der Waals surface area contributed by atoms with Crippen LogP contribution < -0.4 is 4.90 Å². The summed E-state index contributed by atoms with van der Waals surface area (Å²) in [7, 11) is 0. The first-order chi connectivity index (χ1) is 10.2. The lowest BCUT2D eigenvalue weighted by Crippen LogP contribution is -2.33. The van der Waals surface area contributed by atoms with Crippen LogP contribution in [0.4, 0.5) is 5.69 Å². The van der Waals surface area contributed by atoms with Gasteiger partial charge < -0.3 is 9.42 Å². The summed E-state index contributed by atoms with van der Waals surface area (Å²) < 4.78 is 5.38. The van der Waals surface area contributed by atoms with Crippen molar-refractivity contribution in [2.75, 3.05) is 11.4 Å². The minimum Gasteiger partial charge on any atom is -0.334 e. The van der Waals surface area contributed by atoms with Crippen LogP contribution in [0.1, 0.15) is 43.5 Å². The molecule has 0 N–H and O–H groups in total. The first-order valence-electron chi connectivity index (χ1n) is 7.47. The minimum absolute atomic E-state index is 0.0949.